The Morgan fingerprint density at radius 2 is 1.49 bits per heavy atom. The van der Waals surface area contributed by atoms with E-state index in [1.54, 1.807) is 12.3 Å². The molecule has 0 aliphatic rings. The maximum absolute atomic E-state index is 13.2. The van der Waals surface area contributed by atoms with Crippen molar-refractivity contribution in [3.8, 4) is 0 Å². The molecule has 4 atom stereocenters. The van der Waals surface area contributed by atoms with Gasteiger partial charge in [0.1, 0.15) is 18.1 Å². The summed E-state index contributed by atoms with van der Waals surface area (Å²) in [4.78, 5) is 75.5. The van der Waals surface area contributed by atoms with Crippen LogP contribution >= 0.6 is 0 Å². The van der Waals surface area contributed by atoms with Crippen LogP contribution in [0.1, 0.15) is 31.7 Å². The van der Waals surface area contributed by atoms with Gasteiger partial charge in [-0.05, 0) is 25.0 Å². The Bertz CT molecular complexity index is 1180. The zero-order valence-corrected chi connectivity index (χ0v) is 20.2. The maximum Gasteiger partial charge on any atom is 0.326 e. The molecule has 1 aromatic carbocycles. The number of fused-ring (bicyclic) bond motifs is 1. The van der Waals surface area contributed by atoms with Gasteiger partial charge in [0.15, 0.2) is 0 Å². The van der Waals surface area contributed by atoms with Crippen LogP contribution in [0.15, 0.2) is 30.5 Å². The summed E-state index contributed by atoms with van der Waals surface area (Å²) in [6.07, 6.45) is 0.407. The average molecular weight is 518 g/mol. The van der Waals surface area contributed by atoms with Gasteiger partial charge in [-0.3, -0.25) is 24.0 Å². The van der Waals surface area contributed by atoms with E-state index < -0.39 is 66.1 Å². The molecule has 1 aromatic heterocycles. The fourth-order valence-electron chi connectivity index (χ4n) is 3.53. The van der Waals surface area contributed by atoms with Crippen molar-refractivity contribution in [1.29, 1.82) is 0 Å². The van der Waals surface area contributed by atoms with Gasteiger partial charge in [-0.1, -0.05) is 18.2 Å². The number of benzene rings is 1. The van der Waals surface area contributed by atoms with Crippen molar-refractivity contribution < 1.29 is 33.9 Å². The highest BCUT2D eigenvalue weighted by Gasteiger charge is 2.31. The van der Waals surface area contributed by atoms with Crippen molar-refractivity contribution in [2.45, 2.75) is 56.8 Å². The Morgan fingerprint density at radius 1 is 0.892 bits per heavy atom. The second-order valence-electron chi connectivity index (χ2n) is 8.55. The topological polar surface area (TPSA) is 253 Å². The molecule has 5 amide bonds. The van der Waals surface area contributed by atoms with Crippen LogP contribution in [0.4, 0.5) is 0 Å². The van der Waals surface area contributed by atoms with Gasteiger partial charge in [-0.15, -0.1) is 0 Å². The molecule has 14 heteroatoms. The second-order valence-corrected chi connectivity index (χ2v) is 8.55. The van der Waals surface area contributed by atoms with Crippen LogP contribution in [0.3, 0.4) is 0 Å². The van der Waals surface area contributed by atoms with Crippen molar-refractivity contribution in [2.75, 3.05) is 0 Å². The number of carbonyl (C=O) groups is 6. The summed E-state index contributed by atoms with van der Waals surface area (Å²) in [5.74, 6) is -5.64. The van der Waals surface area contributed by atoms with Crippen molar-refractivity contribution >= 4 is 46.4 Å². The molecule has 4 unspecified atom stereocenters. The summed E-state index contributed by atoms with van der Waals surface area (Å²) in [5.41, 5.74) is 17.4. The lowest BCUT2D eigenvalue weighted by molar-refractivity contribution is -0.142. The summed E-state index contributed by atoms with van der Waals surface area (Å²) in [5, 5.41) is 17.2. The Hall–Kier alpha value is -4.46. The van der Waals surface area contributed by atoms with Gasteiger partial charge in [0, 0.05) is 29.9 Å². The number of aliphatic carboxylic acids is 1. The van der Waals surface area contributed by atoms with Crippen LogP contribution in [0.5, 0.6) is 0 Å². The van der Waals surface area contributed by atoms with E-state index in [0.717, 1.165) is 10.9 Å². The normalized spacial score (nSPS) is 14.1. The van der Waals surface area contributed by atoms with E-state index in [9.17, 15) is 33.9 Å². The molecule has 14 nitrogen and oxygen atoms in total. The molecule has 0 bridgehead atoms. The monoisotopic (exact) mass is 517 g/mol. The number of aromatic nitrogens is 1. The fraction of sp³-hybridized carbons (Fsp3) is 0.391. The van der Waals surface area contributed by atoms with E-state index in [-0.39, 0.29) is 19.3 Å². The highest BCUT2D eigenvalue weighted by molar-refractivity contribution is 5.96. The summed E-state index contributed by atoms with van der Waals surface area (Å²) in [6.45, 7) is 1.43. The molecule has 0 saturated heterocycles. The van der Waals surface area contributed by atoms with E-state index in [4.69, 9.17) is 17.2 Å². The number of rotatable bonds is 14. The van der Waals surface area contributed by atoms with Gasteiger partial charge in [0.2, 0.25) is 29.5 Å². The molecule has 2 rings (SSSR count). The molecule has 11 N–H and O–H groups in total. The zero-order chi connectivity index (χ0) is 27.7. The molecule has 2 aromatic rings. The number of hydrogen-bond acceptors (Lipinski definition) is 7. The first-order chi connectivity index (χ1) is 17.4. The maximum atomic E-state index is 13.2. The van der Waals surface area contributed by atoms with Gasteiger partial charge in [-0.2, -0.15) is 0 Å². The molecular formula is C23H31N7O7. The van der Waals surface area contributed by atoms with Gasteiger partial charge >= 0.3 is 5.97 Å². The minimum absolute atomic E-state index is 0.00950. The number of para-hydroxylation sites is 1. The lowest BCUT2D eigenvalue weighted by Gasteiger charge is -2.24. The quantitative estimate of drug-likeness (QED) is 0.135. The number of primary amides is 2. The minimum Gasteiger partial charge on any atom is -0.480 e. The number of nitrogens with two attached hydrogens (primary N) is 3. The lowest BCUT2D eigenvalue weighted by atomic mass is 10.0. The third-order valence-electron chi connectivity index (χ3n) is 5.48. The number of carboxylic acids is 1. The third kappa shape index (κ3) is 8.61. The molecule has 1 heterocycles. The first-order valence-corrected chi connectivity index (χ1v) is 11.4. The van der Waals surface area contributed by atoms with Crippen LogP contribution in [-0.4, -0.2) is 69.8 Å². The van der Waals surface area contributed by atoms with Gasteiger partial charge in [0.25, 0.3) is 0 Å². The zero-order valence-electron chi connectivity index (χ0n) is 20.2. The molecule has 0 aliphatic carbocycles. The summed E-state index contributed by atoms with van der Waals surface area (Å²) >= 11 is 0. The van der Waals surface area contributed by atoms with Crippen molar-refractivity contribution in [2.24, 2.45) is 17.2 Å². The predicted molar refractivity (Wildman–Crippen MR) is 131 cm³/mol. The number of hydrogen-bond donors (Lipinski definition) is 8. The van der Waals surface area contributed by atoms with Gasteiger partial charge in [0.05, 0.1) is 12.5 Å². The largest absolute Gasteiger partial charge is 0.480 e. The molecular weight excluding hydrogens is 486 g/mol. The van der Waals surface area contributed by atoms with Gasteiger partial charge < -0.3 is 43.2 Å². The molecule has 0 spiro atoms. The molecule has 37 heavy (non-hydrogen) atoms. The van der Waals surface area contributed by atoms with Crippen LogP contribution in [0.2, 0.25) is 0 Å². The third-order valence-corrected chi connectivity index (χ3v) is 5.48. The van der Waals surface area contributed by atoms with Crippen LogP contribution < -0.4 is 33.2 Å². The average Bonchev–Trinajstić information content (AvgIpc) is 3.22. The van der Waals surface area contributed by atoms with Crippen LogP contribution in [0.25, 0.3) is 10.9 Å². The van der Waals surface area contributed by atoms with E-state index in [1.807, 2.05) is 18.2 Å². The van der Waals surface area contributed by atoms with E-state index in [0.29, 0.717) is 5.56 Å². The number of carbonyl (C=O) groups excluding carboxylic acids is 5. The van der Waals surface area contributed by atoms with Crippen LogP contribution in [-0.2, 0) is 35.2 Å². The van der Waals surface area contributed by atoms with Crippen molar-refractivity contribution in [1.82, 2.24) is 20.9 Å². The summed E-state index contributed by atoms with van der Waals surface area (Å²) in [6, 6.07) is 2.08. The second kappa shape index (κ2) is 13.0. The Balaban J connectivity index is 2.26. The van der Waals surface area contributed by atoms with Crippen molar-refractivity contribution in [3.05, 3.63) is 36.0 Å². The van der Waals surface area contributed by atoms with E-state index >= 15 is 0 Å². The number of aromatic amines is 1. The first kappa shape index (κ1) is 28.8. The number of amides is 5. The van der Waals surface area contributed by atoms with E-state index in [2.05, 4.69) is 20.9 Å². The Labute approximate surface area is 211 Å². The first-order valence-electron chi connectivity index (χ1n) is 11.4. The highest BCUT2D eigenvalue weighted by Crippen LogP contribution is 2.19. The number of H-pyrrole nitrogens is 1. The molecule has 0 saturated carbocycles. The lowest BCUT2D eigenvalue weighted by Crippen LogP contribution is -2.58. The molecule has 200 valence electrons. The summed E-state index contributed by atoms with van der Waals surface area (Å²) in [7, 11) is 0. The highest BCUT2D eigenvalue weighted by atomic mass is 16.4. The van der Waals surface area contributed by atoms with Gasteiger partial charge in [-0.25, -0.2) is 4.79 Å². The smallest absolute Gasteiger partial charge is 0.326 e. The molecule has 0 fully saturated rings. The molecule has 0 aliphatic heterocycles. The summed E-state index contributed by atoms with van der Waals surface area (Å²) < 4.78 is 0. The Kier molecular flexibility index (Phi) is 10.1. The number of carboxylic acid groups (broad SMARTS) is 1. The predicted octanol–water partition coefficient (Wildman–Crippen LogP) is -2.26. The SMILES string of the molecule is CC(N)C(=O)NC(Cc1c[nH]c2ccccc12)C(=O)NC(CC(N)=O)C(=O)NC(CCC(N)=O)C(=O)O. The number of nitrogens with one attached hydrogen (secondary N) is 4. The molecule has 0 radical (unpaired) electrons. The van der Waals surface area contributed by atoms with E-state index in [1.165, 1.54) is 6.92 Å². The van der Waals surface area contributed by atoms with Crippen molar-refractivity contribution in [3.63, 3.8) is 0 Å². The fourth-order valence-corrected chi connectivity index (χ4v) is 3.53. The van der Waals surface area contributed by atoms with Crippen LogP contribution in [0, 0.1) is 0 Å². The standard InChI is InChI=1S/C23H31N7O7/c1-11(24)20(33)29-16(8-12-10-27-14-5-3-2-4-13(12)14)21(34)30-17(9-19(26)32)22(35)28-15(23(36)37)6-7-18(25)31/h2-5,10-11,15-17,27H,6-9,24H2,1H3,(H2,25,31)(H2,26,32)(H,28,35)(H,29,33)(H,30,34)(H,36,37). The minimum atomic E-state index is -1.56. The Morgan fingerprint density at radius 3 is 2.08 bits per heavy atom.